The summed E-state index contributed by atoms with van der Waals surface area (Å²) in [6.07, 6.45) is 24.3. The quantitative estimate of drug-likeness (QED) is 0.263. The van der Waals surface area contributed by atoms with Crippen LogP contribution in [0.4, 0.5) is 0 Å². The third-order valence-electron chi connectivity index (χ3n) is 3.27. The number of unbranched alkanes of at least 4 members (excludes halogenated alkanes) is 4. The molecular formula is C19H34. The third kappa shape index (κ3) is 13.5. The zero-order valence-electron chi connectivity index (χ0n) is 13.5. The molecule has 0 aromatic heterocycles. The normalized spacial score (nSPS) is 12.9. The average Bonchev–Trinajstić information content (AvgIpc) is 2.42. The molecule has 0 heteroatoms. The lowest BCUT2D eigenvalue weighted by atomic mass is 10.0. The fraction of sp³-hybridized carbons (Fsp3) is 0.684. The summed E-state index contributed by atoms with van der Waals surface area (Å²) in [5.41, 5.74) is 1.64. The van der Waals surface area contributed by atoms with Gasteiger partial charge in [0.15, 0.2) is 0 Å². The second-order valence-electron chi connectivity index (χ2n) is 5.24. The molecule has 0 aromatic carbocycles. The molecule has 0 bridgehead atoms. The van der Waals surface area contributed by atoms with E-state index in [0.717, 1.165) is 6.42 Å². The van der Waals surface area contributed by atoms with Crippen LogP contribution in [0.15, 0.2) is 36.0 Å². The van der Waals surface area contributed by atoms with Gasteiger partial charge in [0, 0.05) is 0 Å². The van der Waals surface area contributed by atoms with Gasteiger partial charge in [-0.15, -0.1) is 0 Å². The maximum Gasteiger partial charge on any atom is -0.0139 e. The van der Waals surface area contributed by atoms with E-state index in [1.54, 1.807) is 5.57 Å². The molecule has 0 unspecified atom stereocenters. The highest BCUT2D eigenvalue weighted by atomic mass is 14.0. The molecule has 0 fully saturated rings. The fourth-order valence-corrected chi connectivity index (χ4v) is 2.08. The van der Waals surface area contributed by atoms with Crippen molar-refractivity contribution in [3.63, 3.8) is 0 Å². The van der Waals surface area contributed by atoms with Crippen molar-refractivity contribution in [2.24, 2.45) is 0 Å². The molecule has 19 heavy (non-hydrogen) atoms. The molecule has 0 saturated carbocycles. The van der Waals surface area contributed by atoms with Gasteiger partial charge in [-0.2, -0.15) is 0 Å². The molecule has 0 heterocycles. The van der Waals surface area contributed by atoms with Crippen LogP contribution in [0.5, 0.6) is 0 Å². The molecule has 0 aliphatic rings. The standard InChI is InChI=1S/C19H34/c1-4-7-10-12-15-18-19(16-13-9-6-3)17-14-11-8-5-2/h7,10-11,14,18H,4-6,8-9,12-13,15-17H2,1-3H3. The van der Waals surface area contributed by atoms with Crippen molar-refractivity contribution in [1.29, 1.82) is 0 Å². The van der Waals surface area contributed by atoms with E-state index in [4.69, 9.17) is 0 Å². The van der Waals surface area contributed by atoms with Crippen LogP contribution < -0.4 is 0 Å². The van der Waals surface area contributed by atoms with E-state index >= 15 is 0 Å². The van der Waals surface area contributed by atoms with Crippen LogP contribution in [-0.4, -0.2) is 0 Å². The first-order valence-electron chi connectivity index (χ1n) is 8.33. The monoisotopic (exact) mass is 262 g/mol. The Hall–Kier alpha value is -0.780. The second-order valence-corrected chi connectivity index (χ2v) is 5.24. The summed E-state index contributed by atoms with van der Waals surface area (Å²) in [7, 11) is 0. The summed E-state index contributed by atoms with van der Waals surface area (Å²) in [5, 5.41) is 0. The van der Waals surface area contributed by atoms with Gasteiger partial charge in [-0.05, 0) is 44.9 Å². The van der Waals surface area contributed by atoms with Gasteiger partial charge in [-0.1, -0.05) is 76.0 Å². The van der Waals surface area contributed by atoms with Gasteiger partial charge in [-0.3, -0.25) is 0 Å². The Bertz CT molecular complexity index is 255. The molecule has 0 spiro atoms. The van der Waals surface area contributed by atoms with Crippen LogP contribution in [0.25, 0.3) is 0 Å². The molecule has 110 valence electrons. The first-order chi connectivity index (χ1) is 9.35. The molecule has 0 rings (SSSR count). The van der Waals surface area contributed by atoms with Crippen molar-refractivity contribution in [3.8, 4) is 0 Å². The van der Waals surface area contributed by atoms with Gasteiger partial charge in [0.1, 0.15) is 0 Å². The van der Waals surface area contributed by atoms with Gasteiger partial charge in [0.2, 0.25) is 0 Å². The van der Waals surface area contributed by atoms with E-state index in [1.807, 2.05) is 0 Å². The zero-order chi connectivity index (χ0) is 14.2. The Morgan fingerprint density at radius 2 is 1.53 bits per heavy atom. The fourth-order valence-electron chi connectivity index (χ4n) is 2.08. The lowest BCUT2D eigenvalue weighted by molar-refractivity contribution is 0.704. The van der Waals surface area contributed by atoms with Crippen molar-refractivity contribution < 1.29 is 0 Å². The van der Waals surface area contributed by atoms with Crippen LogP contribution in [-0.2, 0) is 0 Å². The smallest absolute Gasteiger partial charge is 0.0139 e. The number of rotatable bonds is 12. The van der Waals surface area contributed by atoms with Crippen LogP contribution in [0.2, 0.25) is 0 Å². The second kappa shape index (κ2) is 15.3. The first kappa shape index (κ1) is 18.2. The molecule has 0 atom stereocenters. The highest BCUT2D eigenvalue weighted by molar-refractivity contribution is 5.08. The minimum Gasteiger partial charge on any atom is -0.0888 e. The van der Waals surface area contributed by atoms with Crippen LogP contribution in [0.3, 0.4) is 0 Å². The molecular weight excluding hydrogens is 228 g/mol. The first-order valence-corrected chi connectivity index (χ1v) is 8.33. The summed E-state index contributed by atoms with van der Waals surface area (Å²) < 4.78 is 0. The maximum atomic E-state index is 2.48. The van der Waals surface area contributed by atoms with E-state index in [0.29, 0.717) is 0 Å². The van der Waals surface area contributed by atoms with Crippen LogP contribution in [0.1, 0.15) is 85.0 Å². The van der Waals surface area contributed by atoms with Gasteiger partial charge in [0.25, 0.3) is 0 Å². The van der Waals surface area contributed by atoms with Crippen molar-refractivity contribution in [1.82, 2.24) is 0 Å². The largest absolute Gasteiger partial charge is 0.0888 e. The van der Waals surface area contributed by atoms with Crippen molar-refractivity contribution in [2.45, 2.75) is 85.0 Å². The number of allylic oxidation sites excluding steroid dienone is 6. The van der Waals surface area contributed by atoms with E-state index in [2.05, 4.69) is 51.2 Å². The molecule has 0 aliphatic carbocycles. The van der Waals surface area contributed by atoms with Gasteiger partial charge in [0.05, 0.1) is 0 Å². The predicted octanol–water partition coefficient (Wildman–Crippen LogP) is 6.99. The average molecular weight is 262 g/mol. The zero-order valence-corrected chi connectivity index (χ0v) is 13.5. The van der Waals surface area contributed by atoms with Crippen molar-refractivity contribution >= 4 is 0 Å². The highest BCUT2D eigenvalue weighted by Gasteiger charge is 1.95. The Kier molecular flexibility index (Phi) is 14.7. The Morgan fingerprint density at radius 3 is 2.21 bits per heavy atom. The molecule has 0 amide bonds. The van der Waals surface area contributed by atoms with E-state index in [9.17, 15) is 0 Å². The number of hydrogen-bond donors (Lipinski definition) is 0. The topological polar surface area (TPSA) is 0 Å². The molecule has 0 aliphatic heterocycles. The Morgan fingerprint density at radius 1 is 0.737 bits per heavy atom. The minimum absolute atomic E-state index is 1.16. The Labute approximate surface area is 121 Å². The predicted molar refractivity (Wildman–Crippen MR) is 89.6 cm³/mol. The highest BCUT2D eigenvalue weighted by Crippen LogP contribution is 2.15. The van der Waals surface area contributed by atoms with Gasteiger partial charge < -0.3 is 0 Å². The lowest BCUT2D eigenvalue weighted by Gasteiger charge is -2.04. The van der Waals surface area contributed by atoms with Crippen molar-refractivity contribution in [3.05, 3.63) is 36.0 Å². The third-order valence-corrected chi connectivity index (χ3v) is 3.27. The van der Waals surface area contributed by atoms with Gasteiger partial charge >= 0.3 is 0 Å². The van der Waals surface area contributed by atoms with E-state index in [1.165, 1.54) is 57.8 Å². The van der Waals surface area contributed by atoms with Crippen LogP contribution in [0, 0.1) is 0 Å². The summed E-state index contributed by atoms with van der Waals surface area (Å²) in [6, 6.07) is 0. The maximum absolute atomic E-state index is 2.48. The number of hydrogen-bond acceptors (Lipinski definition) is 0. The molecule has 0 nitrogen and oxygen atoms in total. The van der Waals surface area contributed by atoms with E-state index in [-0.39, 0.29) is 0 Å². The SMILES string of the molecule is CCC=CCCC=C(CC=CCCC)CCCCC. The summed E-state index contributed by atoms with van der Waals surface area (Å²) >= 11 is 0. The Balaban J connectivity index is 4.06. The summed E-state index contributed by atoms with van der Waals surface area (Å²) in [6.45, 7) is 6.71. The minimum atomic E-state index is 1.16. The molecule has 0 aromatic rings. The molecule has 0 N–H and O–H groups in total. The van der Waals surface area contributed by atoms with Crippen molar-refractivity contribution in [2.75, 3.05) is 0 Å². The van der Waals surface area contributed by atoms with Gasteiger partial charge in [-0.25, -0.2) is 0 Å². The summed E-state index contributed by atoms with van der Waals surface area (Å²) in [5.74, 6) is 0. The van der Waals surface area contributed by atoms with Crippen LogP contribution >= 0.6 is 0 Å². The lowest BCUT2D eigenvalue weighted by Crippen LogP contribution is -1.84. The molecule has 0 saturated heterocycles. The molecule has 0 radical (unpaired) electrons. The summed E-state index contributed by atoms with van der Waals surface area (Å²) in [4.78, 5) is 0. The van der Waals surface area contributed by atoms with E-state index < -0.39 is 0 Å².